The van der Waals surface area contributed by atoms with Crippen LogP contribution in [-0.2, 0) is 30.2 Å². The lowest BCUT2D eigenvalue weighted by atomic mass is 10.1. The first kappa shape index (κ1) is 17.4. The maximum absolute atomic E-state index is 11.4. The second-order valence-corrected chi connectivity index (χ2v) is 7.30. The van der Waals surface area contributed by atoms with Crippen LogP contribution in [0.2, 0.25) is 0 Å². The number of carbonyl (C=O) groups excluding carboxylic acids is 2. The van der Waals surface area contributed by atoms with Gasteiger partial charge in [0, 0.05) is 17.8 Å². The molecule has 1 N–H and O–H groups in total. The summed E-state index contributed by atoms with van der Waals surface area (Å²) in [7, 11) is 0. The molecule has 8 heteroatoms. The second-order valence-electron chi connectivity index (χ2n) is 6.36. The third-order valence-corrected chi connectivity index (χ3v) is 5.62. The molecule has 26 heavy (non-hydrogen) atoms. The van der Waals surface area contributed by atoms with Gasteiger partial charge in [0.15, 0.2) is 0 Å². The average molecular weight is 377 g/mol. The fourth-order valence-corrected chi connectivity index (χ4v) is 4.20. The van der Waals surface area contributed by atoms with Gasteiger partial charge in [-0.25, -0.2) is 14.5 Å². The molecule has 1 aromatic heterocycles. The minimum absolute atomic E-state index is 0.362. The summed E-state index contributed by atoms with van der Waals surface area (Å²) in [5.74, 6) is -3.82. The highest BCUT2D eigenvalue weighted by atomic mass is 32.1. The van der Waals surface area contributed by atoms with Crippen molar-refractivity contribution < 1.29 is 28.9 Å². The van der Waals surface area contributed by atoms with Crippen LogP contribution in [0.4, 0.5) is 0 Å². The number of nitrogens with zero attached hydrogens (tertiary/aromatic N) is 1. The Morgan fingerprint density at radius 3 is 2.85 bits per heavy atom. The lowest BCUT2D eigenvalue weighted by Gasteiger charge is -2.32. The number of hydrogen-bond acceptors (Lipinski definition) is 8. The van der Waals surface area contributed by atoms with E-state index in [4.69, 9.17) is 14.2 Å². The number of likely N-dealkylation sites (tertiary alicyclic amines) is 1. The van der Waals surface area contributed by atoms with Crippen molar-refractivity contribution in [2.24, 2.45) is 0 Å². The number of fused-ring (bicyclic) bond motifs is 1. The Hall–Kier alpha value is -2.00. The number of benzene rings is 1. The molecule has 2 aromatic rings. The van der Waals surface area contributed by atoms with Crippen molar-refractivity contribution in [3.8, 4) is 0 Å². The van der Waals surface area contributed by atoms with Crippen LogP contribution in [0, 0.1) is 0 Å². The number of rotatable bonds is 6. The Balaban J connectivity index is 1.26. The van der Waals surface area contributed by atoms with Crippen molar-refractivity contribution >= 4 is 33.4 Å². The molecule has 2 aliphatic rings. The van der Waals surface area contributed by atoms with Crippen molar-refractivity contribution in [1.82, 2.24) is 4.90 Å². The number of esters is 2. The minimum Gasteiger partial charge on any atom is -0.397 e. The van der Waals surface area contributed by atoms with Crippen LogP contribution >= 0.6 is 11.3 Å². The molecule has 138 valence electrons. The van der Waals surface area contributed by atoms with Gasteiger partial charge in [-0.05, 0) is 41.3 Å². The molecule has 1 spiro atoms. The lowest BCUT2D eigenvalue weighted by Crippen LogP contribution is -2.52. The molecule has 3 heterocycles. The van der Waals surface area contributed by atoms with Gasteiger partial charge in [-0.2, -0.15) is 0 Å². The van der Waals surface area contributed by atoms with Gasteiger partial charge in [0.05, 0.1) is 13.2 Å². The topological polar surface area (TPSA) is 85.3 Å². The number of carbonyl (C=O) groups is 2. The Labute approximate surface area is 154 Å². The van der Waals surface area contributed by atoms with E-state index in [1.54, 1.807) is 16.2 Å². The number of thiophene rings is 1. The van der Waals surface area contributed by atoms with Crippen LogP contribution in [0.3, 0.4) is 0 Å². The highest BCUT2D eigenvalue weighted by molar-refractivity contribution is 7.17. The standard InChI is InChI=1S/C18H19NO6S/c20-15-3-6-19(18(15)24-16(21)17(22)25-18)7-9-23-8-4-12-1-2-13-5-10-26-14(13)11-12/h1-2,5,10-11,15,20H,3-4,6-9H2/t15-/m0/s1. The molecule has 2 aliphatic heterocycles. The molecule has 0 bridgehead atoms. The van der Waals surface area contributed by atoms with E-state index in [9.17, 15) is 14.7 Å². The van der Waals surface area contributed by atoms with Crippen LogP contribution in [0.25, 0.3) is 10.1 Å². The Kier molecular flexibility index (Phi) is 4.66. The van der Waals surface area contributed by atoms with Gasteiger partial charge in [-0.1, -0.05) is 12.1 Å². The van der Waals surface area contributed by atoms with Gasteiger partial charge in [0.1, 0.15) is 6.10 Å². The zero-order chi connectivity index (χ0) is 18.1. The molecular weight excluding hydrogens is 358 g/mol. The number of hydrogen-bond donors (Lipinski definition) is 1. The number of ether oxygens (including phenoxy) is 3. The van der Waals surface area contributed by atoms with Crippen LogP contribution in [0.5, 0.6) is 0 Å². The van der Waals surface area contributed by atoms with Crippen molar-refractivity contribution in [3.63, 3.8) is 0 Å². The molecule has 0 amide bonds. The molecule has 0 radical (unpaired) electrons. The molecule has 7 nitrogen and oxygen atoms in total. The first-order valence-corrected chi connectivity index (χ1v) is 9.40. The van der Waals surface area contributed by atoms with Crippen LogP contribution in [0.1, 0.15) is 12.0 Å². The first-order valence-electron chi connectivity index (χ1n) is 8.52. The SMILES string of the molecule is O=C1OC2(OC1=O)[C@@H](O)CCN2CCOCCc1ccc2ccsc2c1. The van der Waals surface area contributed by atoms with Crippen LogP contribution in [-0.4, -0.2) is 60.3 Å². The van der Waals surface area contributed by atoms with Gasteiger partial charge in [0.2, 0.25) is 0 Å². The molecule has 2 saturated heterocycles. The smallest absolute Gasteiger partial charge is 0.397 e. The van der Waals surface area contributed by atoms with E-state index >= 15 is 0 Å². The third kappa shape index (κ3) is 3.09. The predicted octanol–water partition coefficient (Wildman–Crippen LogP) is 1.28. The minimum atomic E-state index is -1.68. The van der Waals surface area contributed by atoms with E-state index in [1.807, 2.05) is 0 Å². The summed E-state index contributed by atoms with van der Waals surface area (Å²) in [6.07, 6.45) is 0.114. The third-order valence-electron chi connectivity index (χ3n) is 4.74. The van der Waals surface area contributed by atoms with Crippen molar-refractivity contribution in [2.75, 3.05) is 26.3 Å². The van der Waals surface area contributed by atoms with E-state index in [-0.39, 0.29) is 0 Å². The van der Waals surface area contributed by atoms with E-state index in [0.717, 1.165) is 6.42 Å². The van der Waals surface area contributed by atoms with E-state index in [0.29, 0.717) is 32.7 Å². The highest BCUT2D eigenvalue weighted by Crippen LogP contribution is 2.36. The van der Waals surface area contributed by atoms with Gasteiger partial charge in [-0.15, -0.1) is 11.3 Å². The average Bonchev–Trinajstić information content (AvgIpc) is 3.29. The fourth-order valence-electron chi connectivity index (χ4n) is 3.35. The summed E-state index contributed by atoms with van der Waals surface area (Å²) >= 11 is 1.72. The quantitative estimate of drug-likeness (QED) is 0.461. The monoisotopic (exact) mass is 377 g/mol. The summed E-state index contributed by atoms with van der Waals surface area (Å²) in [5.41, 5.74) is 1.21. The summed E-state index contributed by atoms with van der Waals surface area (Å²) in [4.78, 5) is 24.4. The lowest BCUT2D eigenvalue weighted by molar-refractivity contribution is -0.269. The molecule has 0 aliphatic carbocycles. The Morgan fingerprint density at radius 2 is 2.04 bits per heavy atom. The van der Waals surface area contributed by atoms with Crippen molar-refractivity contribution in [1.29, 1.82) is 0 Å². The van der Waals surface area contributed by atoms with Gasteiger partial charge < -0.3 is 19.3 Å². The normalized spacial score (nSPS) is 22.3. The number of aliphatic hydroxyl groups excluding tert-OH is 1. The van der Waals surface area contributed by atoms with E-state index in [1.165, 1.54) is 15.6 Å². The molecule has 2 fully saturated rings. The largest absolute Gasteiger partial charge is 0.422 e. The first-order chi connectivity index (χ1) is 12.6. The Bertz CT molecular complexity index is 818. The van der Waals surface area contributed by atoms with Crippen LogP contribution < -0.4 is 0 Å². The van der Waals surface area contributed by atoms with Crippen molar-refractivity contribution in [3.05, 3.63) is 35.2 Å². The predicted molar refractivity (Wildman–Crippen MR) is 93.5 cm³/mol. The summed E-state index contributed by atoms with van der Waals surface area (Å²) in [6.45, 7) is 1.78. The zero-order valence-corrected chi connectivity index (χ0v) is 14.9. The Morgan fingerprint density at radius 1 is 1.23 bits per heavy atom. The summed E-state index contributed by atoms with van der Waals surface area (Å²) < 4.78 is 17.0. The van der Waals surface area contributed by atoms with Gasteiger partial charge in [-0.3, -0.25) is 0 Å². The molecular formula is C18H19NO6S. The summed E-state index contributed by atoms with van der Waals surface area (Å²) in [5, 5.41) is 13.4. The zero-order valence-electron chi connectivity index (χ0n) is 14.1. The van der Waals surface area contributed by atoms with Crippen LogP contribution in [0.15, 0.2) is 29.6 Å². The molecule has 0 saturated carbocycles. The van der Waals surface area contributed by atoms with E-state index < -0.39 is 24.0 Å². The summed E-state index contributed by atoms with van der Waals surface area (Å²) in [6, 6.07) is 8.48. The van der Waals surface area contributed by atoms with E-state index in [2.05, 4.69) is 29.6 Å². The molecule has 1 aromatic carbocycles. The maximum Gasteiger partial charge on any atom is 0.422 e. The second kappa shape index (κ2) is 6.96. The van der Waals surface area contributed by atoms with Gasteiger partial charge in [0.25, 0.3) is 0 Å². The highest BCUT2D eigenvalue weighted by Gasteiger charge is 2.61. The molecule has 0 unspecified atom stereocenters. The van der Waals surface area contributed by atoms with Gasteiger partial charge >= 0.3 is 17.8 Å². The molecule has 4 rings (SSSR count). The maximum atomic E-state index is 11.4. The van der Waals surface area contributed by atoms with Crippen molar-refractivity contribution in [2.45, 2.75) is 24.9 Å². The number of aliphatic hydroxyl groups is 1. The fraction of sp³-hybridized carbons (Fsp3) is 0.444. The molecule has 1 atom stereocenters.